The molecule has 0 amide bonds. The minimum atomic E-state index is 0.519. The Bertz CT molecular complexity index is 312. The zero-order valence-corrected chi connectivity index (χ0v) is 10.2. The molecule has 2 nitrogen and oxygen atoms in total. The first-order valence-corrected chi connectivity index (χ1v) is 6.17. The van der Waals surface area contributed by atoms with Gasteiger partial charge < -0.3 is 4.74 Å². The largest absolute Gasteiger partial charge is 0.492 e. The van der Waals surface area contributed by atoms with Crippen molar-refractivity contribution in [2.45, 2.75) is 26.3 Å². The molecular formula is C14H21NO. The van der Waals surface area contributed by atoms with Crippen molar-refractivity contribution in [2.75, 3.05) is 19.7 Å². The van der Waals surface area contributed by atoms with Crippen LogP contribution in [0.3, 0.4) is 0 Å². The molecule has 0 N–H and O–H groups in total. The highest BCUT2D eigenvalue weighted by Gasteiger charge is 2.23. The van der Waals surface area contributed by atoms with E-state index in [4.69, 9.17) is 4.74 Å². The zero-order chi connectivity index (χ0) is 11.4. The van der Waals surface area contributed by atoms with E-state index in [0.29, 0.717) is 6.04 Å². The molecule has 1 heterocycles. The van der Waals surface area contributed by atoms with Crippen LogP contribution in [0.2, 0.25) is 0 Å². The van der Waals surface area contributed by atoms with E-state index in [0.717, 1.165) is 18.3 Å². The molecule has 88 valence electrons. The maximum absolute atomic E-state index is 5.77. The fourth-order valence-electron chi connectivity index (χ4n) is 2.21. The van der Waals surface area contributed by atoms with Crippen molar-refractivity contribution in [3.63, 3.8) is 0 Å². The molecule has 0 aliphatic carbocycles. The molecule has 2 heteroatoms. The van der Waals surface area contributed by atoms with Gasteiger partial charge in [-0.1, -0.05) is 25.1 Å². The van der Waals surface area contributed by atoms with Crippen molar-refractivity contribution >= 4 is 0 Å². The van der Waals surface area contributed by atoms with E-state index < -0.39 is 0 Å². The molecule has 1 aromatic carbocycles. The molecule has 0 aromatic heterocycles. The average Bonchev–Trinajstić information content (AvgIpc) is 2.74. The third-order valence-corrected chi connectivity index (χ3v) is 3.31. The normalized spacial score (nSPS) is 23.2. The number of likely N-dealkylation sites (tertiary alicyclic amines) is 1. The van der Waals surface area contributed by atoms with Gasteiger partial charge in [-0.3, -0.25) is 4.90 Å². The average molecular weight is 219 g/mol. The smallest absolute Gasteiger partial charge is 0.119 e. The van der Waals surface area contributed by atoms with Crippen molar-refractivity contribution in [1.82, 2.24) is 4.90 Å². The monoisotopic (exact) mass is 219 g/mol. The summed E-state index contributed by atoms with van der Waals surface area (Å²) in [5, 5.41) is 0. The number of hydrogen-bond acceptors (Lipinski definition) is 2. The van der Waals surface area contributed by atoms with Gasteiger partial charge >= 0.3 is 0 Å². The Balaban J connectivity index is 1.78. The topological polar surface area (TPSA) is 12.5 Å². The van der Waals surface area contributed by atoms with Crippen molar-refractivity contribution in [3.05, 3.63) is 30.3 Å². The highest BCUT2D eigenvalue weighted by atomic mass is 16.5. The van der Waals surface area contributed by atoms with Gasteiger partial charge in [0.2, 0.25) is 0 Å². The molecule has 0 bridgehead atoms. The summed E-state index contributed by atoms with van der Waals surface area (Å²) in [5.74, 6) is 1.82. The molecule has 2 rings (SSSR count). The molecular weight excluding hydrogens is 198 g/mol. The van der Waals surface area contributed by atoms with E-state index >= 15 is 0 Å². The Morgan fingerprint density at radius 3 is 2.75 bits per heavy atom. The van der Waals surface area contributed by atoms with Crippen LogP contribution in [0.25, 0.3) is 0 Å². The Morgan fingerprint density at radius 2 is 2.12 bits per heavy atom. The van der Waals surface area contributed by atoms with Crippen molar-refractivity contribution in [1.29, 1.82) is 0 Å². The van der Waals surface area contributed by atoms with Crippen LogP contribution < -0.4 is 4.74 Å². The van der Waals surface area contributed by atoms with Crippen LogP contribution in [-0.2, 0) is 0 Å². The second kappa shape index (κ2) is 5.35. The number of hydrogen-bond donors (Lipinski definition) is 0. The highest BCUT2D eigenvalue weighted by molar-refractivity contribution is 5.20. The summed E-state index contributed by atoms with van der Waals surface area (Å²) in [5.41, 5.74) is 0. The van der Waals surface area contributed by atoms with Gasteiger partial charge in [-0.25, -0.2) is 0 Å². The van der Waals surface area contributed by atoms with Gasteiger partial charge in [-0.05, 0) is 37.9 Å². The quantitative estimate of drug-likeness (QED) is 0.772. The Kier molecular flexibility index (Phi) is 3.83. The zero-order valence-electron chi connectivity index (χ0n) is 10.2. The van der Waals surface area contributed by atoms with E-state index in [1.807, 2.05) is 30.3 Å². The number of para-hydroxylation sites is 1. The number of ether oxygens (including phenoxy) is 1. The summed E-state index contributed by atoms with van der Waals surface area (Å²) in [7, 11) is 0. The molecule has 1 aromatic rings. The maximum atomic E-state index is 5.77. The second-order valence-corrected chi connectivity index (χ2v) is 4.86. The summed E-state index contributed by atoms with van der Waals surface area (Å²) >= 11 is 0. The molecule has 1 fully saturated rings. The van der Waals surface area contributed by atoms with Gasteiger partial charge in [0.1, 0.15) is 12.4 Å². The van der Waals surface area contributed by atoms with E-state index in [9.17, 15) is 0 Å². The maximum Gasteiger partial charge on any atom is 0.119 e. The SMILES string of the molecule is CC1CCN(C(C)COc2ccccc2)C1. The third kappa shape index (κ3) is 2.99. The van der Waals surface area contributed by atoms with Gasteiger partial charge in [0, 0.05) is 12.6 Å². The number of nitrogens with zero attached hydrogens (tertiary/aromatic N) is 1. The van der Waals surface area contributed by atoms with Gasteiger partial charge in [0.05, 0.1) is 0 Å². The standard InChI is InChI=1S/C14H21NO/c1-12-8-9-15(10-12)13(2)11-16-14-6-4-3-5-7-14/h3-7,12-13H,8-11H2,1-2H3. The molecule has 2 unspecified atom stereocenters. The molecule has 1 aliphatic heterocycles. The first-order valence-electron chi connectivity index (χ1n) is 6.17. The number of rotatable bonds is 4. The van der Waals surface area contributed by atoms with Crippen LogP contribution >= 0.6 is 0 Å². The lowest BCUT2D eigenvalue weighted by Crippen LogP contribution is -2.35. The Hall–Kier alpha value is -1.02. The first-order chi connectivity index (χ1) is 7.75. The summed E-state index contributed by atoms with van der Waals surface area (Å²) < 4.78 is 5.77. The third-order valence-electron chi connectivity index (χ3n) is 3.31. The minimum Gasteiger partial charge on any atom is -0.492 e. The van der Waals surface area contributed by atoms with E-state index in [1.165, 1.54) is 19.5 Å². The summed E-state index contributed by atoms with van der Waals surface area (Å²) in [6.45, 7) is 7.81. The van der Waals surface area contributed by atoms with Gasteiger partial charge in [0.15, 0.2) is 0 Å². The molecule has 1 aliphatic rings. The molecule has 0 radical (unpaired) electrons. The Labute approximate surface area is 98.2 Å². The lowest BCUT2D eigenvalue weighted by molar-refractivity contribution is 0.169. The fourth-order valence-corrected chi connectivity index (χ4v) is 2.21. The van der Waals surface area contributed by atoms with Crippen LogP contribution in [-0.4, -0.2) is 30.6 Å². The lowest BCUT2D eigenvalue weighted by Gasteiger charge is -2.24. The summed E-state index contributed by atoms with van der Waals surface area (Å²) in [6, 6.07) is 10.6. The van der Waals surface area contributed by atoms with Crippen LogP contribution in [0.4, 0.5) is 0 Å². The van der Waals surface area contributed by atoms with Crippen LogP contribution in [0.5, 0.6) is 5.75 Å². The fraction of sp³-hybridized carbons (Fsp3) is 0.571. The Morgan fingerprint density at radius 1 is 1.38 bits per heavy atom. The van der Waals surface area contributed by atoms with E-state index in [-0.39, 0.29) is 0 Å². The van der Waals surface area contributed by atoms with Gasteiger partial charge in [-0.15, -0.1) is 0 Å². The minimum absolute atomic E-state index is 0.519. The van der Waals surface area contributed by atoms with Crippen molar-refractivity contribution in [2.24, 2.45) is 5.92 Å². The van der Waals surface area contributed by atoms with Crippen LogP contribution in [0, 0.1) is 5.92 Å². The van der Waals surface area contributed by atoms with E-state index in [1.54, 1.807) is 0 Å². The molecule has 2 atom stereocenters. The highest BCUT2D eigenvalue weighted by Crippen LogP contribution is 2.18. The first kappa shape index (κ1) is 11.5. The van der Waals surface area contributed by atoms with Crippen LogP contribution in [0.15, 0.2) is 30.3 Å². The van der Waals surface area contributed by atoms with Crippen LogP contribution in [0.1, 0.15) is 20.3 Å². The molecule has 0 saturated carbocycles. The molecule has 16 heavy (non-hydrogen) atoms. The lowest BCUT2D eigenvalue weighted by atomic mass is 10.2. The van der Waals surface area contributed by atoms with Crippen molar-refractivity contribution < 1.29 is 4.74 Å². The predicted octanol–water partition coefficient (Wildman–Crippen LogP) is 2.80. The second-order valence-electron chi connectivity index (χ2n) is 4.86. The van der Waals surface area contributed by atoms with E-state index in [2.05, 4.69) is 18.7 Å². The number of benzene rings is 1. The molecule has 1 saturated heterocycles. The van der Waals surface area contributed by atoms with Gasteiger partial charge in [0.25, 0.3) is 0 Å². The summed E-state index contributed by atoms with van der Waals surface area (Å²) in [4.78, 5) is 2.52. The van der Waals surface area contributed by atoms with Crippen molar-refractivity contribution in [3.8, 4) is 5.75 Å². The summed E-state index contributed by atoms with van der Waals surface area (Å²) in [6.07, 6.45) is 1.33. The molecule has 0 spiro atoms. The van der Waals surface area contributed by atoms with Gasteiger partial charge in [-0.2, -0.15) is 0 Å². The predicted molar refractivity (Wildman–Crippen MR) is 66.8 cm³/mol.